The van der Waals surface area contributed by atoms with E-state index >= 15 is 0 Å². The molecule has 0 amide bonds. The Kier molecular flexibility index (Phi) is 2.94. The lowest BCUT2D eigenvalue weighted by atomic mass is 10.3. The van der Waals surface area contributed by atoms with E-state index in [2.05, 4.69) is 29.7 Å². The molecule has 0 aliphatic carbocycles. The number of fused-ring (bicyclic) bond motifs is 1. The molecular formula is C12H16N6O. The molecule has 7 heteroatoms. The molecule has 100 valence electrons. The van der Waals surface area contributed by atoms with Crippen molar-refractivity contribution in [2.24, 2.45) is 0 Å². The van der Waals surface area contributed by atoms with Gasteiger partial charge in [0.25, 0.3) is 0 Å². The Balaban J connectivity index is 1.95. The molecular weight excluding hydrogens is 244 g/mol. The predicted octanol–water partition coefficient (Wildman–Crippen LogP) is 0.744. The number of methoxy groups -OCH3 is 1. The molecule has 0 bridgehead atoms. The van der Waals surface area contributed by atoms with Crippen LogP contribution in [0.2, 0.25) is 0 Å². The van der Waals surface area contributed by atoms with Crippen LogP contribution in [0.5, 0.6) is 5.75 Å². The van der Waals surface area contributed by atoms with Crippen LogP contribution in [0, 0.1) is 0 Å². The van der Waals surface area contributed by atoms with Gasteiger partial charge in [0.05, 0.1) is 13.7 Å². The van der Waals surface area contributed by atoms with Crippen molar-refractivity contribution >= 4 is 11.6 Å². The van der Waals surface area contributed by atoms with Crippen molar-refractivity contribution in [3.8, 4) is 5.75 Å². The Labute approximate surface area is 111 Å². The number of hydrogen-bond acceptors (Lipinski definition) is 6. The van der Waals surface area contributed by atoms with Crippen LogP contribution in [-0.4, -0.2) is 40.2 Å². The van der Waals surface area contributed by atoms with Gasteiger partial charge in [0.2, 0.25) is 5.75 Å². The standard InChI is InChI=1S/C12H16N6O/c1-13-11-10(19-2)12(16-8-15-11)18-6-5-17-4-3-14-9(17)7-18/h3-4,8H,5-7H2,1-2H3,(H,13,15,16). The molecule has 0 atom stereocenters. The quantitative estimate of drug-likeness (QED) is 0.878. The molecule has 0 spiro atoms. The van der Waals surface area contributed by atoms with Gasteiger partial charge in [-0.05, 0) is 0 Å². The molecule has 1 N–H and O–H groups in total. The normalized spacial score (nSPS) is 14.1. The second kappa shape index (κ2) is 4.75. The van der Waals surface area contributed by atoms with Crippen LogP contribution in [0.3, 0.4) is 0 Å². The van der Waals surface area contributed by atoms with Crippen LogP contribution < -0.4 is 15.0 Å². The van der Waals surface area contributed by atoms with Crippen molar-refractivity contribution in [1.29, 1.82) is 0 Å². The lowest BCUT2D eigenvalue weighted by Gasteiger charge is -2.29. The molecule has 0 unspecified atom stereocenters. The Morgan fingerprint density at radius 1 is 1.26 bits per heavy atom. The summed E-state index contributed by atoms with van der Waals surface area (Å²) in [5, 5.41) is 3.02. The maximum atomic E-state index is 5.43. The van der Waals surface area contributed by atoms with Crippen LogP contribution in [0.1, 0.15) is 5.82 Å². The van der Waals surface area contributed by atoms with Crippen molar-refractivity contribution in [3.63, 3.8) is 0 Å². The molecule has 7 nitrogen and oxygen atoms in total. The van der Waals surface area contributed by atoms with E-state index in [1.807, 2.05) is 19.4 Å². The van der Waals surface area contributed by atoms with E-state index in [1.54, 1.807) is 13.4 Å². The van der Waals surface area contributed by atoms with Crippen molar-refractivity contribution in [2.75, 3.05) is 30.9 Å². The molecule has 0 saturated heterocycles. The molecule has 2 aromatic heterocycles. The topological polar surface area (TPSA) is 68.1 Å². The molecule has 2 aromatic rings. The molecule has 1 aliphatic heterocycles. The van der Waals surface area contributed by atoms with Crippen LogP contribution in [0.15, 0.2) is 18.7 Å². The fraction of sp³-hybridized carbons (Fsp3) is 0.417. The number of anilines is 2. The smallest absolute Gasteiger partial charge is 0.204 e. The van der Waals surface area contributed by atoms with Gasteiger partial charge in [-0.2, -0.15) is 0 Å². The minimum atomic E-state index is 0.671. The lowest BCUT2D eigenvalue weighted by Crippen LogP contribution is -2.34. The number of ether oxygens (including phenoxy) is 1. The molecule has 0 saturated carbocycles. The SMILES string of the molecule is CNc1ncnc(N2CCn3ccnc3C2)c1OC. The third kappa shape index (κ3) is 1.96. The third-order valence-corrected chi connectivity index (χ3v) is 3.27. The van der Waals surface area contributed by atoms with E-state index in [4.69, 9.17) is 4.74 Å². The van der Waals surface area contributed by atoms with Gasteiger partial charge >= 0.3 is 0 Å². The first-order valence-corrected chi connectivity index (χ1v) is 6.15. The maximum Gasteiger partial charge on any atom is 0.204 e. The number of rotatable bonds is 3. The summed E-state index contributed by atoms with van der Waals surface area (Å²) in [5.41, 5.74) is 0. The fourth-order valence-corrected chi connectivity index (χ4v) is 2.31. The van der Waals surface area contributed by atoms with E-state index in [9.17, 15) is 0 Å². The lowest BCUT2D eigenvalue weighted by molar-refractivity contribution is 0.410. The van der Waals surface area contributed by atoms with Crippen molar-refractivity contribution < 1.29 is 4.74 Å². The summed E-state index contributed by atoms with van der Waals surface area (Å²) in [6.07, 6.45) is 5.38. The maximum absolute atomic E-state index is 5.43. The van der Waals surface area contributed by atoms with Gasteiger partial charge < -0.3 is 19.5 Å². The Morgan fingerprint density at radius 2 is 2.16 bits per heavy atom. The van der Waals surface area contributed by atoms with Crippen molar-refractivity contribution in [2.45, 2.75) is 13.1 Å². The zero-order chi connectivity index (χ0) is 13.2. The zero-order valence-electron chi connectivity index (χ0n) is 11.0. The first-order chi connectivity index (χ1) is 9.33. The number of nitrogens with one attached hydrogen (secondary N) is 1. The molecule has 0 aromatic carbocycles. The Hall–Kier alpha value is -2.31. The van der Waals surface area contributed by atoms with Gasteiger partial charge in [0, 0.05) is 32.5 Å². The monoisotopic (exact) mass is 260 g/mol. The molecule has 3 rings (SSSR count). The highest BCUT2D eigenvalue weighted by molar-refractivity contribution is 5.64. The summed E-state index contributed by atoms with van der Waals surface area (Å²) in [6.45, 7) is 2.50. The number of imidazole rings is 1. The van der Waals surface area contributed by atoms with Crippen molar-refractivity contribution in [1.82, 2.24) is 19.5 Å². The molecule has 19 heavy (non-hydrogen) atoms. The minimum Gasteiger partial charge on any atom is -0.490 e. The fourth-order valence-electron chi connectivity index (χ4n) is 2.31. The van der Waals surface area contributed by atoms with Gasteiger partial charge in [-0.1, -0.05) is 0 Å². The third-order valence-electron chi connectivity index (χ3n) is 3.27. The second-order valence-electron chi connectivity index (χ2n) is 4.29. The van der Waals surface area contributed by atoms with Gasteiger partial charge in [0.1, 0.15) is 12.2 Å². The summed E-state index contributed by atoms with van der Waals surface area (Å²) in [7, 11) is 3.45. The average Bonchev–Trinajstić information content (AvgIpc) is 2.93. The van der Waals surface area contributed by atoms with E-state index in [0.717, 1.165) is 31.3 Å². The summed E-state index contributed by atoms with van der Waals surface area (Å²) in [4.78, 5) is 15.0. The number of aromatic nitrogens is 4. The van der Waals surface area contributed by atoms with Gasteiger partial charge in [0.15, 0.2) is 11.6 Å². The Bertz CT molecular complexity index is 581. The second-order valence-corrected chi connectivity index (χ2v) is 4.29. The summed E-state index contributed by atoms with van der Waals surface area (Å²) in [5.74, 6) is 3.21. The summed E-state index contributed by atoms with van der Waals surface area (Å²) in [6, 6.07) is 0. The van der Waals surface area contributed by atoms with E-state index in [0.29, 0.717) is 11.6 Å². The molecule has 0 fully saturated rings. The Morgan fingerprint density at radius 3 is 2.95 bits per heavy atom. The number of hydrogen-bond donors (Lipinski definition) is 1. The highest BCUT2D eigenvalue weighted by Gasteiger charge is 2.22. The van der Waals surface area contributed by atoms with Crippen LogP contribution in [0.25, 0.3) is 0 Å². The van der Waals surface area contributed by atoms with Crippen LogP contribution in [0.4, 0.5) is 11.6 Å². The first-order valence-electron chi connectivity index (χ1n) is 6.15. The average molecular weight is 260 g/mol. The van der Waals surface area contributed by atoms with Crippen LogP contribution in [-0.2, 0) is 13.1 Å². The van der Waals surface area contributed by atoms with Gasteiger partial charge in [-0.3, -0.25) is 0 Å². The van der Waals surface area contributed by atoms with Crippen LogP contribution >= 0.6 is 0 Å². The first kappa shape index (κ1) is 11.8. The highest BCUT2D eigenvalue weighted by atomic mass is 16.5. The largest absolute Gasteiger partial charge is 0.490 e. The van der Waals surface area contributed by atoms with E-state index in [1.165, 1.54) is 0 Å². The minimum absolute atomic E-state index is 0.671. The molecule has 3 heterocycles. The zero-order valence-corrected chi connectivity index (χ0v) is 11.0. The molecule has 1 aliphatic rings. The predicted molar refractivity (Wildman–Crippen MR) is 71.4 cm³/mol. The molecule has 0 radical (unpaired) electrons. The van der Waals surface area contributed by atoms with Gasteiger partial charge in [-0.25, -0.2) is 15.0 Å². The number of nitrogens with zero attached hydrogens (tertiary/aromatic N) is 5. The van der Waals surface area contributed by atoms with E-state index in [-0.39, 0.29) is 0 Å². The van der Waals surface area contributed by atoms with Gasteiger partial charge in [-0.15, -0.1) is 0 Å². The highest BCUT2D eigenvalue weighted by Crippen LogP contribution is 2.33. The summed E-state index contributed by atoms with van der Waals surface area (Å²) >= 11 is 0. The summed E-state index contributed by atoms with van der Waals surface area (Å²) < 4.78 is 7.59. The van der Waals surface area contributed by atoms with Crippen molar-refractivity contribution in [3.05, 3.63) is 24.5 Å². The van der Waals surface area contributed by atoms with E-state index < -0.39 is 0 Å².